The van der Waals surface area contributed by atoms with Crippen LogP contribution in [-0.4, -0.2) is 14.7 Å². The van der Waals surface area contributed by atoms with Gasteiger partial charge in [-0.25, -0.2) is 0 Å². The third-order valence-electron chi connectivity index (χ3n) is 6.35. The van der Waals surface area contributed by atoms with Crippen LogP contribution in [0.25, 0.3) is 5.69 Å². The first-order valence-electron chi connectivity index (χ1n) is 11.0. The van der Waals surface area contributed by atoms with Crippen molar-refractivity contribution in [3.05, 3.63) is 112 Å². The summed E-state index contributed by atoms with van der Waals surface area (Å²) in [6, 6.07) is 24.5. The van der Waals surface area contributed by atoms with E-state index in [1.165, 1.54) is 28.2 Å². The normalized spacial score (nSPS) is 17.9. The lowest BCUT2D eigenvalue weighted by Gasteiger charge is -2.28. The van der Waals surface area contributed by atoms with Crippen LogP contribution in [0, 0.1) is 20.8 Å². The van der Waals surface area contributed by atoms with Crippen LogP contribution < -0.4 is 10.2 Å². The summed E-state index contributed by atoms with van der Waals surface area (Å²) in [4.78, 5) is 6.86. The van der Waals surface area contributed by atoms with Gasteiger partial charge in [-0.1, -0.05) is 35.9 Å². The number of nitrogens with one attached hydrogen (secondary N) is 1. The highest BCUT2D eigenvalue weighted by Gasteiger charge is 2.42. The number of benzene rings is 2. The highest BCUT2D eigenvalue weighted by Crippen LogP contribution is 2.44. The Hall–Kier alpha value is -3.15. The van der Waals surface area contributed by atoms with Crippen molar-refractivity contribution in [2.45, 2.75) is 32.9 Å². The molecule has 5 rings (SSSR count). The smallest absolute Gasteiger partial charge is 0.174 e. The van der Waals surface area contributed by atoms with Crippen molar-refractivity contribution in [2.75, 3.05) is 4.90 Å². The SMILES string of the molecule is Cc1ccccc1-n1c(C)cc([C@@H]2[C@@H](c3ccccn3)NC(=S)N2c2ccc(Cl)cc2)c1C. The van der Waals surface area contributed by atoms with Crippen LogP contribution in [0.4, 0.5) is 5.69 Å². The maximum atomic E-state index is 6.18. The molecule has 1 saturated heterocycles. The minimum atomic E-state index is -0.0831. The summed E-state index contributed by atoms with van der Waals surface area (Å²) in [6.45, 7) is 6.49. The number of hydrogen-bond acceptors (Lipinski definition) is 2. The zero-order chi connectivity index (χ0) is 23.1. The molecule has 3 heterocycles. The first kappa shape index (κ1) is 21.7. The summed E-state index contributed by atoms with van der Waals surface area (Å²) >= 11 is 12.0. The molecule has 4 nitrogen and oxygen atoms in total. The lowest BCUT2D eigenvalue weighted by Crippen LogP contribution is -2.29. The van der Waals surface area contributed by atoms with E-state index in [1.54, 1.807) is 0 Å². The first-order chi connectivity index (χ1) is 16.0. The summed E-state index contributed by atoms with van der Waals surface area (Å²) in [6.07, 6.45) is 1.83. The monoisotopic (exact) mass is 472 g/mol. The minimum absolute atomic E-state index is 0.0578. The Bertz CT molecular complexity index is 1310. The molecule has 6 heteroatoms. The maximum absolute atomic E-state index is 6.18. The van der Waals surface area contributed by atoms with E-state index in [0.29, 0.717) is 10.1 Å². The van der Waals surface area contributed by atoms with Crippen LogP contribution >= 0.6 is 23.8 Å². The van der Waals surface area contributed by atoms with E-state index in [0.717, 1.165) is 11.4 Å². The largest absolute Gasteiger partial charge is 0.351 e. The van der Waals surface area contributed by atoms with Gasteiger partial charge in [0.1, 0.15) is 0 Å². The van der Waals surface area contributed by atoms with Gasteiger partial charge >= 0.3 is 0 Å². The molecule has 1 N–H and O–H groups in total. The maximum Gasteiger partial charge on any atom is 0.174 e. The van der Waals surface area contributed by atoms with E-state index in [2.05, 4.69) is 76.9 Å². The van der Waals surface area contributed by atoms with Gasteiger partial charge in [-0.3, -0.25) is 4.98 Å². The molecule has 0 unspecified atom stereocenters. The average molecular weight is 473 g/mol. The molecule has 4 aromatic rings. The summed E-state index contributed by atoms with van der Waals surface area (Å²) in [7, 11) is 0. The number of halogens is 1. The third kappa shape index (κ3) is 3.81. The van der Waals surface area contributed by atoms with E-state index in [1.807, 2.05) is 42.6 Å². The fraction of sp³-hybridized carbons (Fsp3) is 0.185. The van der Waals surface area contributed by atoms with E-state index < -0.39 is 0 Å². The predicted molar refractivity (Wildman–Crippen MR) is 139 cm³/mol. The Morgan fingerprint density at radius 3 is 2.36 bits per heavy atom. The molecule has 2 aromatic heterocycles. The molecule has 0 radical (unpaired) electrons. The van der Waals surface area contributed by atoms with E-state index in [4.69, 9.17) is 23.8 Å². The van der Waals surface area contributed by atoms with Crippen molar-refractivity contribution in [3.8, 4) is 5.69 Å². The molecule has 2 aromatic carbocycles. The third-order valence-corrected chi connectivity index (χ3v) is 6.91. The average Bonchev–Trinajstić information content (AvgIpc) is 3.31. The van der Waals surface area contributed by atoms with Gasteiger partial charge in [0.25, 0.3) is 0 Å². The van der Waals surface area contributed by atoms with Crippen molar-refractivity contribution in [2.24, 2.45) is 0 Å². The number of rotatable bonds is 4. The number of thiocarbonyl (C=S) groups is 1. The highest BCUT2D eigenvalue weighted by molar-refractivity contribution is 7.80. The van der Waals surface area contributed by atoms with E-state index in [-0.39, 0.29) is 12.1 Å². The van der Waals surface area contributed by atoms with Crippen molar-refractivity contribution in [1.82, 2.24) is 14.9 Å². The fourth-order valence-electron chi connectivity index (χ4n) is 4.82. The van der Waals surface area contributed by atoms with Gasteiger partial charge in [0.05, 0.1) is 17.8 Å². The fourth-order valence-corrected chi connectivity index (χ4v) is 5.29. The Balaban J connectivity index is 1.69. The highest BCUT2D eigenvalue weighted by atomic mass is 35.5. The van der Waals surface area contributed by atoms with Crippen LogP contribution in [0.15, 0.2) is 79.0 Å². The zero-order valence-electron chi connectivity index (χ0n) is 18.8. The Kier molecular flexibility index (Phi) is 5.69. The van der Waals surface area contributed by atoms with Crippen LogP contribution in [0.3, 0.4) is 0 Å². The Morgan fingerprint density at radius 2 is 1.67 bits per heavy atom. The van der Waals surface area contributed by atoms with Gasteiger partial charge in [0.15, 0.2) is 5.11 Å². The van der Waals surface area contributed by atoms with Gasteiger partial charge < -0.3 is 14.8 Å². The molecule has 0 amide bonds. The van der Waals surface area contributed by atoms with Gasteiger partial charge in [-0.15, -0.1) is 0 Å². The molecule has 0 bridgehead atoms. The molecular formula is C27H25ClN4S. The topological polar surface area (TPSA) is 33.1 Å². The summed E-state index contributed by atoms with van der Waals surface area (Å²) in [5.41, 5.74) is 7.99. The Labute approximate surface area is 204 Å². The molecule has 1 aliphatic rings. The lowest BCUT2D eigenvalue weighted by atomic mass is 9.96. The molecule has 0 saturated carbocycles. The number of aromatic nitrogens is 2. The van der Waals surface area contributed by atoms with Crippen molar-refractivity contribution in [3.63, 3.8) is 0 Å². The molecule has 0 spiro atoms. The summed E-state index contributed by atoms with van der Waals surface area (Å²) in [5, 5.41) is 4.92. The molecule has 0 aliphatic carbocycles. The van der Waals surface area contributed by atoms with E-state index in [9.17, 15) is 0 Å². The molecular weight excluding hydrogens is 448 g/mol. The van der Waals surface area contributed by atoms with Gasteiger partial charge in [-0.2, -0.15) is 0 Å². The van der Waals surface area contributed by atoms with Crippen LogP contribution in [0.2, 0.25) is 5.02 Å². The summed E-state index contributed by atoms with van der Waals surface area (Å²) in [5.74, 6) is 0. The molecule has 1 fully saturated rings. The number of para-hydroxylation sites is 1. The number of aryl methyl sites for hydroxylation is 2. The summed E-state index contributed by atoms with van der Waals surface area (Å²) < 4.78 is 2.33. The number of pyridine rings is 1. The molecule has 33 heavy (non-hydrogen) atoms. The van der Waals surface area contributed by atoms with Crippen molar-refractivity contribution < 1.29 is 0 Å². The zero-order valence-corrected chi connectivity index (χ0v) is 20.4. The van der Waals surface area contributed by atoms with E-state index >= 15 is 0 Å². The standard InChI is InChI=1S/C27H25ClN4S/c1-17-8-4-5-10-24(17)31-18(2)16-22(19(31)3)26-25(23-9-6-7-15-29-23)30-27(33)32(26)21-13-11-20(28)12-14-21/h4-16,25-26H,1-3H3,(H,30,33)/t25-,26-/m1/s1. The minimum Gasteiger partial charge on any atom is -0.351 e. The van der Waals surface area contributed by atoms with Crippen molar-refractivity contribution in [1.29, 1.82) is 0 Å². The molecule has 2 atom stereocenters. The number of hydrogen-bond donors (Lipinski definition) is 1. The lowest BCUT2D eigenvalue weighted by molar-refractivity contribution is 0.565. The van der Waals surface area contributed by atoms with Gasteiger partial charge in [0, 0.05) is 34.0 Å². The molecule has 166 valence electrons. The van der Waals surface area contributed by atoms with Crippen LogP contribution in [0.1, 0.15) is 40.3 Å². The number of nitrogens with zero attached hydrogens (tertiary/aromatic N) is 3. The Morgan fingerprint density at radius 1 is 0.939 bits per heavy atom. The molecule has 1 aliphatic heterocycles. The van der Waals surface area contributed by atoms with Crippen LogP contribution in [-0.2, 0) is 0 Å². The second kappa shape index (κ2) is 8.65. The van der Waals surface area contributed by atoms with Crippen LogP contribution in [0.5, 0.6) is 0 Å². The van der Waals surface area contributed by atoms with Crippen molar-refractivity contribution >= 4 is 34.6 Å². The second-order valence-electron chi connectivity index (χ2n) is 8.42. The quantitative estimate of drug-likeness (QED) is 0.338. The second-order valence-corrected chi connectivity index (χ2v) is 9.24. The number of anilines is 1. The van der Waals surface area contributed by atoms with Gasteiger partial charge in [-0.05, 0) is 92.6 Å². The first-order valence-corrected chi connectivity index (χ1v) is 11.8. The van der Waals surface area contributed by atoms with Gasteiger partial charge in [0.2, 0.25) is 0 Å². The predicted octanol–water partition coefficient (Wildman–Crippen LogP) is 6.63.